The fourth-order valence-electron chi connectivity index (χ4n) is 1.57. The highest BCUT2D eigenvalue weighted by atomic mass is 35.5. The van der Waals surface area contributed by atoms with Gasteiger partial charge in [-0.1, -0.05) is 18.5 Å². The largest absolute Gasteiger partial charge is 0.478 e. The Morgan fingerprint density at radius 1 is 1.53 bits per heavy atom. The third kappa shape index (κ3) is 3.26. The number of benzene rings is 1. The Morgan fingerprint density at radius 2 is 2.32 bits per heavy atom. The summed E-state index contributed by atoms with van der Waals surface area (Å²) in [6.45, 7) is 2.41. The third-order valence-electron chi connectivity index (χ3n) is 2.59. The van der Waals surface area contributed by atoms with Gasteiger partial charge in [0.2, 0.25) is 5.89 Å². The first-order valence-corrected chi connectivity index (χ1v) is 6.18. The van der Waals surface area contributed by atoms with E-state index in [2.05, 4.69) is 10.3 Å². The number of aromatic carboxylic acids is 1. The van der Waals surface area contributed by atoms with Gasteiger partial charge < -0.3 is 14.8 Å². The molecule has 0 fully saturated rings. The summed E-state index contributed by atoms with van der Waals surface area (Å²) in [5.41, 5.74) is 0.794. The number of carboxylic acids is 1. The highest BCUT2D eigenvalue weighted by molar-refractivity contribution is 6.33. The summed E-state index contributed by atoms with van der Waals surface area (Å²) in [5.74, 6) is 0.364. The van der Waals surface area contributed by atoms with E-state index in [1.807, 2.05) is 6.92 Å². The Kier molecular flexibility index (Phi) is 4.06. The highest BCUT2D eigenvalue weighted by Crippen LogP contribution is 2.21. The molecule has 0 unspecified atom stereocenters. The van der Waals surface area contributed by atoms with Crippen molar-refractivity contribution in [2.75, 3.05) is 5.32 Å². The van der Waals surface area contributed by atoms with Crippen LogP contribution >= 0.6 is 11.6 Å². The quantitative estimate of drug-likeness (QED) is 0.879. The Morgan fingerprint density at radius 3 is 2.89 bits per heavy atom. The van der Waals surface area contributed by atoms with E-state index in [-0.39, 0.29) is 10.6 Å². The van der Waals surface area contributed by atoms with E-state index in [1.54, 1.807) is 18.3 Å². The first-order valence-electron chi connectivity index (χ1n) is 5.80. The van der Waals surface area contributed by atoms with Crippen molar-refractivity contribution in [2.24, 2.45) is 0 Å². The van der Waals surface area contributed by atoms with Gasteiger partial charge >= 0.3 is 5.97 Å². The average molecular weight is 281 g/mol. The van der Waals surface area contributed by atoms with Crippen LogP contribution in [0.3, 0.4) is 0 Å². The Balaban J connectivity index is 2.03. The topological polar surface area (TPSA) is 75.4 Å². The van der Waals surface area contributed by atoms with Crippen LogP contribution in [-0.2, 0) is 13.0 Å². The van der Waals surface area contributed by atoms with Gasteiger partial charge in [-0.25, -0.2) is 9.78 Å². The summed E-state index contributed by atoms with van der Waals surface area (Å²) >= 11 is 5.87. The lowest BCUT2D eigenvalue weighted by atomic mass is 10.2. The standard InChI is InChI=1S/C13H13ClN2O3/c1-2-9-6-16-12(19-9)7-15-8-3-4-10(13(17)18)11(14)5-8/h3-6,15H,2,7H2,1H3,(H,17,18). The number of hydrogen-bond donors (Lipinski definition) is 2. The Bertz CT molecular complexity index is 595. The van der Waals surface area contributed by atoms with Crippen LogP contribution in [0.2, 0.25) is 5.02 Å². The molecule has 100 valence electrons. The van der Waals surface area contributed by atoms with E-state index in [9.17, 15) is 4.79 Å². The van der Waals surface area contributed by atoms with Crippen molar-refractivity contribution in [3.05, 3.63) is 46.6 Å². The van der Waals surface area contributed by atoms with Crippen molar-refractivity contribution < 1.29 is 14.3 Å². The molecule has 0 aliphatic rings. The minimum absolute atomic E-state index is 0.0802. The second-order valence-electron chi connectivity index (χ2n) is 3.93. The zero-order chi connectivity index (χ0) is 13.8. The molecule has 19 heavy (non-hydrogen) atoms. The van der Waals surface area contributed by atoms with E-state index < -0.39 is 5.97 Å². The molecule has 5 nitrogen and oxygen atoms in total. The zero-order valence-corrected chi connectivity index (χ0v) is 11.1. The summed E-state index contributed by atoms with van der Waals surface area (Å²) in [6, 6.07) is 4.67. The number of rotatable bonds is 5. The van der Waals surface area contributed by atoms with Crippen molar-refractivity contribution in [1.82, 2.24) is 4.98 Å². The van der Waals surface area contributed by atoms with E-state index >= 15 is 0 Å². The SMILES string of the molecule is CCc1cnc(CNc2ccc(C(=O)O)c(Cl)c2)o1. The molecule has 0 bridgehead atoms. The van der Waals surface area contributed by atoms with Gasteiger partial charge in [0.25, 0.3) is 0 Å². The molecule has 2 aromatic rings. The third-order valence-corrected chi connectivity index (χ3v) is 2.91. The molecule has 0 amide bonds. The second-order valence-corrected chi connectivity index (χ2v) is 4.33. The lowest BCUT2D eigenvalue weighted by molar-refractivity contribution is 0.0697. The number of anilines is 1. The molecule has 1 aromatic carbocycles. The van der Waals surface area contributed by atoms with Gasteiger partial charge in [-0.15, -0.1) is 0 Å². The van der Waals surface area contributed by atoms with Crippen LogP contribution in [0.5, 0.6) is 0 Å². The smallest absolute Gasteiger partial charge is 0.337 e. The number of carboxylic acid groups (broad SMARTS) is 1. The molecule has 1 aromatic heterocycles. The van der Waals surface area contributed by atoms with Crippen LogP contribution in [-0.4, -0.2) is 16.1 Å². The van der Waals surface area contributed by atoms with Gasteiger partial charge in [-0.3, -0.25) is 0 Å². The van der Waals surface area contributed by atoms with Crippen LogP contribution in [0.4, 0.5) is 5.69 Å². The number of aryl methyl sites for hydroxylation is 1. The van der Waals surface area contributed by atoms with Gasteiger partial charge in [0.15, 0.2) is 0 Å². The molecule has 0 saturated heterocycles. The van der Waals surface area contributed by atoms with Crippen LogP contribution in [0.1, 0.15) is 28.9 Å². The molecule has 0 atom stereocenters. The number of oxazole rings is 1. The molecule has 2 N–H and O–H groups in total. The van der Waals surface area contributed by atoms with E-state index in [0.29, 0.717) is 18.1 Å². The van der Waals surface area contributed by atoms with Gasteiger partial charge in [0.1, 0.15) is 5.76 Å². The van der Waals surface area contributed by atoms with Crippen molar-refractivity contribution in [1.29, 1.82) is 0 Å². The Labute approximate surface area is 115 Å². The Hall–Kier alpha value is -2.01. The predicted octanol–water partition coefficient (Wildman–Crippen LogP) is 3.20. The first kappa shape index (κ1) is 13.4. The zero-order valence-electron chi connectivity index (χ0n) is 10.3. The second kappa shape index (κ2) is 5.75. The molecule has 1 heterocycles. The molecule has 0 aliphatic heterocycles. The molecular formula is C13H13ClN2O3. The fourth-order valence-corrected chi connectivity index (χ4v) is 1.83. The highest BCUT2D eigenvalue weighted by Gasteiger charge is 2.09. The lowest BCUT2D eigenvalue weighted by Crippen LogP contribution is -2.02. The minimum atomic E-state index is -1.04. The van der Waals surface area contributed by atoms with Crippen LogP contribution < -0.4 is 5.32 Å². The van der Waals surface area contributed by atoms with Crippen LogP contribution in [0.15, 0.2) is 28.8 Å². The van der Waals surface area contributed by atoms with Gasteiger partial charge in [-0.05, 0) is 18.2 Å². The predicted molar refractivity (Wildman–Crippen MR) is 71.6 cm³/mol. The fraction of sp³-hybridized carbons (Fsp3) is 0.231. The maximum atomic E-state index is 10.8. The minimum Gasteiger partial charge on any atom is -0.478 e. The van der Waals surface area contributed by atoms with Crippen molar-refractivity contribution in [3.63, 3.8) is 0 Å². The first-order chi connectivity index (χ1) is 9.10. The maximum absolute atomic E-state index is 10.8. The van der Waals surface area contributed by atoms with Crippen molar-refractivity contribution in [2.45, 2.75) is 19.9 Å². The molecule has 0 saturated carbocycles. The van der Waals surface area contributed by atoms with Gasteiger partial charge in [0, 0.05) is 12.1 Å². The van der Waals surface area contributed by atoms with E-state index in [4.69, 9.17) is 21.1 Å². The summed E-state index contributed by atoms with van der Waals surface area (Å²) in [5, 5.41) is 12.1. The molecule has 2 rings (SSSR count). The van der Waals surface area contributed by atoms with Gasteiger partial charge in [0.05, 0.1) is 23.3 Å². The summed E-state index contributed by atoms with van der Waals surface area (Å²) in [4.78, 5) is 14.9. The molecule has 6 heteroatoms. The number of nitrogens with zero attached hydrogens (tertiary/aromatic N) is 1. The summed E-state index contributed by atoms with van der Waals surface area (Å²) in [7, 11) is 0. The van der Waals surface area contributed by atoms with E-state index in [1.165, 1.54) is 6.07 Å². The van der Waals surface area contributed by atoms with Gasteiger partial charge in [-0.2, -0.15) is 0 Å². The van der Waals surface area contributed by atoms with Crippen LogP contribution in [0.25, 0.3) is 0 Å². The lowest BCUT2D eigenvalue weighted by Gasteiger charge is -2.06. The molecular weight excluding hydrogens is 268 g/mol. The molecule has 0 aliphatic carbocycles. The average Bonchev–Trinajstić information content (AvgIpc) is 2.84. The number of nitrogens with one attached hydrogen (secondary N) is 1. The van der Waals surface area contributed by atoms with E-state index in [0.717, 1.165) is 12.2 Å². The number of carbonyl (C=O) groups is 1. The summed E-state index contributed by atoms with van der Waals surface area (Å²) < 4.78 is 5.45. The summed E-state index contributed by atoms with van der Waals surface area (Å²) in [6.07, 6.45) is 2.49. The molecule has 0 radical (unpaired) electrons. The normalized spacial score (nSPS) is 10.4. The number of aromatic nitrogens is 1. The number of hydrogen-bond acceptors (Lipinski definition) is 4. The van der Waals surface area contributed by atoms with Crippen molar-refractivity contribution >= 4 is 23.3 Å². The molecule has 0 spiro atoms. The number of halogens is 1. The van der Waals surface area contributed by atoms with Crippen LogP contribution in [0, 0.1) is 0 Å². The monoisotopic (exact) mass is 280 g/mol. The van der Waals surface area contributed by atoms with Crippen molar-refractivity contribution in [3.8, 4) is 0 Å². The maximum Gasteiger partial charge on any atom is 0.337 e.